The molecule has 0 saturated heterocycles. The van der Waals surface area contributed by atoms with Crippen LogP contribution in [0.15, 0.2) is 12.1 Å². The molecule has 0 heterocycles. The largest absolute Gasteiger partial charge is 0.444 e. The summed E-state index contributed by atoms with van der Waals surface area (Å²) in [6.07, 6.45) is 1.50. The number of rotatable bonds is 5. The van der Waals surface area contributed by atoms with Crippen LogP contribution in [0.1, 0.15) is 20.8 Å². The summed E-state index contributed by atoms with van der Waals surface area (Å²) in [6.45, 7) is 7.02. The van der Waals surface area contributed by atoms with E-state index >= 15 is 0 Å². The smallest absolute Gasteiger partial charge is 0.407 e. The van der Waals surface area contributed by atoms with E-state index < -0.39 is 11.7 Å². The monoisotopic (exact) mass is 213 g/mol. The van der Waals surface area contributed by atoms with E-state index in [1.807, 2.05) is 40.7 Å². The van der Waals surface area contributed by atoms with E-state index in [2.05, 4.69) is 5.32 Å². The first-order valence-electron chi connectivity index (χ1n) is 5.11. The third kappa shape index (κ3) is 11.0. The van der Waals surface area contributed by atoms with Crippen molar-refractivity contribution >= 4 is 13.9 Å². The molecule has 0 unspecified atom stereocenters. The Morgan fingerprint density at radius 3 is 2.67 bits per heavy atom. The number of carbonyl (C=O) groups excluding carboxylic acids is 1. The highest BCUT2D eigenvalue weighted by Crippen LogP contribution is 2.05. The lowest BCUT2D eigenvalue weighted by Crippen LogP contribution is -2.34. The lowest BCUT2D eigenvalue weighted by atomic mass is 10.1. The molecule has 86 valence electrons. The lowest BCUT2D eigenvalue weighted by Gasteiger charge is -2.19. The third-order valence-electron chi connectivity index (χ3n) is 1.36. The molecule has 0 aromatic carbocycles. The van der Waals surface area contributed by atoms with Gasteiger partial charge in [-0.15, -0.1) is 5.98 Å². The maximum Gasteiger partial charge on any atom is 0.407 e. The van der Waals surface area contributed by atoms with Gasteiger partial charge >= 0.3 is 6.09 Å². The van der Waals surface area contributed by atoms with Crippen molar-refractivity contribution in [3.63, 3.8) is 0 Å². The zero-order valence-corrected chi connectivity index (χ0v) is 10.0. The van der Waals surface area contributed by atoms with E-state index in [1.165, 1.54) is 0 Å². The predicted molar refractivity (Wildman–Crippen MR) is 62.7 cm³/mol. The quantitative estimate of drug-likeness (QED) is 0.539. The number of ether oxygens (including phenoxy) is 2. The molecule has 0 rings (SSSR count). The van der Waals surface area contributed by atoms with E-state index in [4.69, 9.17) is 9.47 Å². The van der Waals surface area contributed by atoms with Crippen LogP contribution in [0.2, 0.25) is 0 Å². The Bertz CT molecular complexity index is 211. The Morgan fingerprint density at radius 2 is 2.13 bits per heavy atom. The molecule has 1 N–H and O–H groups in total. The molecule has 0 atom stereocenters. The fourth-order valence-electron chi connectivity index (χ4n) is 0.787. The minimum Gasteiger partial charge on any atom is -0.444 e. The minimum atomic E-state index is -0.449. The van der Waals surface area contributed by atoms with Crippen LogP contribution in [0, 0.1) is 0 Å². The summed E-state index contributed by atoms with van der Waals surface area (Å²) >= 11 is 0. The summed E-state index contributed by atoms with van der Waals surface area (Å²) < 4.78 is 10.2. The van der Waals surface area contributed by atoms with Crippen molar-refractivity contribution in [2.45, 2.75) is 26.4 Å². The van der Waals surface area contributed by atoms with Crippen LogP contribution in [0.4, 0.5) is 4.79 Å². The van der Waals surface area contributed by atoms with Gasteiger partial charge in [0.1, 0.15) is 13.4 Å². The summed E-state index contributed by atoms with van der Waals surface area (Å²) in [5.41, 5.74) is -0.449. The zero-order chi connectivity index (χ0) is 11.7. The molecule has 0 bridgehead atoms. The summed E-state index contributed by atoms with van der Waals surface area (Å²) in [6, 6.07) is 0. The Morgan fingerprint density at radius 1 is 1.47 bits per heavy atom. The van der Waals surface area contributed by atoms with Gasteiger partial charge in [-0.2, -0.15) is 0 Å². The zero-order valence-electron chi connectivity index (χ0n) is 10.0. The van der Waals surface area contributed by atoms with Crippen LogP contribution in [0.3, 0.4) is 0 Å². The first-order valence-corrected chi connectivity index (χ1v) is 5.11. The average molecular weight is 213 g/mol. The average Bonchev–Trinajstić information content (AvgIpc) is 2.08. The highest BCUT2D eigenvalue weighted by molar-refractivity contribution is 6.16. The first-order chi connectivity index (χ1) is 6.95. The van der Waals surface area contributed by atoms with Crippen LogP contribution >= 0.6 is 0 Å². The van der Waals surface area contributed by atoms with Gasteiger partial charge in [0.05, 0.1) is 13.2 Å². The molecule has 5 heteroatoms. The molecule has 0 fully saturated rings. The second-order valence-electron chi connectivity index (χ2n) is 4.07. The molecule has 0 spiro atoms. The second kappa shape index (κ2) is 7.34. The first kappa shape index (κ1) is 14.0. The number of hydrogen-bond acceptors (Lipinski definition) is 3. The minimum absolute atomic E-state index is 0.405. The maximum atomic E-state index is 11.1. The molecule has 0 saturated carbocycles. The molecule has 0 aliphatic rings. The van der Waals surface area contributed by atoms with Gasteiger partial charge in [0, 0.05) is 6.54 Å². The van der Waals surface area contributed by atoms with Gasteiger partial charge < -0.3 is 14.8 Å². The topological polar surface area (TPSA) is 47.6 Å². The molecular formula is C10H20BNO3. The summed E-state index contributed by atoms with van der Waals surface area (Å²) in [4.78, 5) is 11.1. The van der Waals surface area contributed by atoms with Gasteiger partial charge in [-0.1, -0.05) is 6.08 Å². The van der Waals surface area contributed by atoms with E-state index in [0.717, 1.165) is 0 Å². The van der Waals surface area contributed by atoms with Gasteiger partial charge in [-0.3, -0.25) is 0 Å². The van der Waals surface area contributed by atoms with Crippen LogP contribution < -0.4 is 5.32 Å². The Kier molecular flexibility index (Phi) is 6.87. The predicted octanol–water partition coefficient (Wildman–Crippen LogP) is 0.674. The van der Waals surface area contributed by atoms with E-state index in [-0.39, 0.29) is 0 Å². The molecule has 0 aliphatic carbocycles. The molecule has 0 aliphatic heterocycles. The fourth-order valence-corrected chi connectivity index (χ4v) is 0.787. The standard InChI is InChI=1S/C10H20BNO3/c1-10(2,3)15-9(13)12-6-8-14-7-4-5-11/h4-5H,6-8,11H2,1-3H3,(H,12,13)/b5-4+. The van der Waals surface area contributed by atoms with Crippen LogP contribution in [0.25, 0.3) is 0 Å². The summed E-state index contributed by atoms with van der Waals surface area (Å²) in [7, 11) is 1.93. The number of hydrogen-bond donors (Lipinski definition) is 1. The van der Waals surface area contributed by atoms with Crippen molar-refractivity contribution < 1.29 is 14.3 Å². The Labute approximate surface area is 92.4 Å². The van der Waals surface area contributed by atoms with Crippen molar-refractivity contribution in [3.8, 4) is 0 Å². The van der Waals surface area contributed by atoms with E-state index in [1.54, 1.807) is 0 Å². The summed E-state index contributed by atoms with van der Waals surface area (Å²) in [5.74, 6) is 1.92. The molecule has 0 aromatic heterocycles. The van der Waals surface area contributed by atoms with Gasteiger partial charge in [0.15, 0.2) is 0 Å². The van der Waals surface area contributed by atoms with Crippen LogP contribution in [0.5, 0.6) is 0 Å². The highest BCUT2D eigenvalue weighted by Gasteiger charge is 2.15. The number of carbonyl (C=O) groups is 1. The molecule has 4 nitrogen and oxygen atoms in total. The Balaban J connectivity index is 3.40. The molecule has 0 radical (unpaired) electrons. The second-order valence-corrected chi connectivity index (χ2v) is 4.07. The molecule has 15 heavy (non-hydrogen) atoms. The van der Waals surface area contributed by atoms with Crippen molar-refractivity contribution in [1.82, 2.24) is 5.32 Å². The van der Waals surface area contributed by atoms with Crippen molar-refractivity contribution in [3.05, 3.63) is 12.1 Å². The van der Waals surface area contributed by atoms with Gasteiger partial charge in [-0.25, -0.2) is 4.79 Å². The van der Waals surface area contributed by atoms with Crippen molar-refractivity contribution in [1.29, 1.82) is 0 Å². The lowest BCUT2D eigenvalue weighted by molar-refractivity contribution is 0.0506. The third-order valence-corrected chi connectivity index (χ3v) is 1.36. The van der Waals surface area contributed by atoms with Crippen LogP contribution in [-0.4, -0.2) is 39.3 Å². The van der Waals surface area contributed by atoms with Crippen molar-refractivity contribution in [2.75, 3.05) is 19.8 Å². The maximum absolute atomic E-state index is 11.1. The van der Waals surface area contributed by atoms with Crippen molar-refractivity contribution in [2.24, 2.45) is 0 Å². The van der Waals surface area contributed by atoms with Crippen LogP contribution in [-0.2, 0) is 9.47 Å². The van der Waals surface area contributed by atoms with E-state index in [9.17, 15) is 4.79 Å². The molecular weight excluding hydrogens is 193 g/mol. The normalized spacial score (nSPS) is 11.7. The molecule has 0 aromatic rings. The molecule has 1 amide bonds. The van der Waals surface area contributed by atoms with E-state index in [0.29, 0.717) is 19.8 Å². The summed E-state index contributed by atoms with van der Waals surface area (Å²) in [5, 5.41) is 2.61. The van der Waals surface area contributed by atoms with Gasteiger partial charge in [0.25, 0.3) is 0 Å². The number of amides is 1. The Hall–Kier alpha value is -0.965. The number of alkyl carbamates (subject to hydrolysis) is 1. The van der Waals surface area contributed by atoms with Gasteiger partial charge in [0.2, 0.25) is 0 Å². The fraction of sp³-hybridized carbons (Fsp3) is 0.700. The number of nitrogens with one attached hydrogen (secondary N) is 1. The SMILES string of the molecule is B/C=C/COCCNC(=O)OC(C)(C)C. The van der Waals surface area contributed by atoms with Gasteiger partial charge in [-0.05, 0) is 20.8 Å². The highest BCUT2D eigenvalue weighted by atomic mass is 16.6.